The lowest BCUT2D eigenvalue weighted by molar-refractivity contribution is -0.143. The largest absolute Gasteiger partial charge is 0.485 e. The van der Waals surface area contributed by atoms with Gasteiger partial charge in [-0.15, -0.1) is 0 Å². The van der Waals surface area contributed by atoms with Crippen LogP contribution in [0, 0.1) is 5.92 Å². The van der Waals surface area contributed by atoms with E-state index < -0.39 is 6.10 Å². The molecule has 3 aliphatic rings. The van der Waals surface area contributed by atoms with Gasteiger partial charge in [0, 0.05) is 19.1 Å². The van der Waals surface area contributed by atoms with Gasteiger partial charge in [-0.25, -0.2) is 0 Å². The molecule has 112 valence electrons. The number of ether oxygens (including phenoxy) is 2. The Kier molecular flexibility index (Phi) is 3.22. The maximum Gasteiger partial charge on any atom is 0.267 e. The van der Waals surface area contributed by atoms with Crippen LogP contribution in [0.4, 0.5) is 0 Å². The minimum atomic E-state index is -0.509. The second-order valence-electron chi connectivity index (χ2n) is 6.05. The monoisotopic (exact) mass is 288 g/mol. The van der Waals surface area contributed by atoms with Crippen LogP contribution in [-0.4, -0.2) is 49.2 Å². The van der Waals surface area contributed by atoms with E-state index in [9.17, 15) is 4.79 Å². The summed E-state index contributed by atoms with van der Waals surface area (Å²) in [6.07, 6.45) is 1.70. The van der Waals surface area contributed by atoms with E-state index >= 15 is 0 Å². The van der Waals surface area contributed by atoms with E-state index in [1.807, 2.05) is 29.2 Å². The molecule has 21 heavy (non-hydrogen) atoms. The summed E-state index contributed by atoms with van der Waals surface area (Å²) in [5, 5.41) is 3.52. The van der Waals surface area contributed by atoms with Gasteiger partial charge in [0.15, 0.2) is 11.5 Å². The van der Waals surface area contributed by atoms with Crippen molar-refractivity contribution in [2.24, 2.45) is 5.92 Å². The smallest absolute Gasteiger partial charge is 0.267 e. The van der Waals surface area contributed by atoms with Crippen LogP contribution in [-0.2, 0) is 4.79 Å². The molecule has 3 aliphatic heterocycles. The molecule has 5 heteroatoms. The van der Waals surface area contributed by atoms with Crippen molar-refractivity contribution in [3.05, 3.63) is 24.3 Å². The van der Waals surface area contributed by atoms with Gasteiger partial charge in [-0.1, -0.05) is 12.1 Å². The number of nitrogens with zero attached hydrogens (tertiary/aromatic N) is 1. The van der Waals surface area contributed by atoms with Crippen molar-refractivity contribution < 1.29 is 14.3 Å². The summed E-state index contributed by atoms with van der Waals surface area (Å²) in [7, 11) is 0. The maximum atomic E-state index is 12.7. The van der Waals surface area contributed by atoms with Gasteiger partial charge in [-0.3, -0.25) is 4.79 Å². The predicted octanol–water partition coefficient (Wildman–Crippen LogP) is 1.04. The lowest BCUT2D eigenvalue weighted by atomic mass is 9.93. The molecule has 4 rings (SSSR count). The number of fused-ring (bicyclic) bond motifs is 2. The first-order chi connectivity index (χ1) is 10.3. The zero-order chi connectivity index (χ0) is 14.2. The number of nitrogens with one attached hydrogen (secondary N) is 1. The minimum absolute atomic E-state index is 0.0647. The lowest BCUT2D eigenvalue weighted by Crippen LogP contribution is -2.52. The third-order valence-electron chi connectivity index (χ3n) is 4.75. The standard InChI is InChI=1S/C16H20N2O3/c19-16(18-8-6-12-11(9-18)5-7-17-12)15-10-20-13-3-1-2-4-14(13)21-15/h1-4,11-12,15,17H,5-10H2. The van der Waals surface area contributed by atoms with E-state index in [0.717, 1.165) is 31.8 Å². The number of likely N-dealkylation sites (tertiary alicyclic amines) is 1. The third-order valence-corrected chi connectivity index (χ3v) is 4.75. The van der Waals surface area contributed by atoms with Gasteiger partial charge in [0.05, 0.1) is 0 Å². The summed E-state index contributed by atoms with van der Waals surface area (Å²) >= 11 is 0. The Morgan fingerprint density at radius 2 is 2.10 bits per heavy atom. The zero-order valence-corrected chi connectivity index (χ0v) is 12.0. The molecule has 3 atom stereocenters. The van der Waals surface area contributed by atoms with Gasteiger partial charge in [-0.05, 0) is 37.4 Å². The molecule has 0 saturated carbocycles. The number of hydrogen-bond donors (Lipinski definition) is 1. The molecule has 1 aromatic carbocycles. The number of benzene rings is 1. The molecular weight excluding hydrogens is 268 g/mol. The first-order valence-electron chi connectivity index (χ1n) is 7.72. The number of carbonyl (C=O) groups is 1. The van der Waals surface area contributed by atoms with Crippen LogP contribution < -0.4 is 14.8 Å². The lowest BCUT2D eigenvalue weighted by Gasteiger charge is -2.37. The van der Waals surface area contributed by atoms with Gasteiger partial charge in [0.25, 0.3) is 5.91 Å². The highest BCUT2D eigenvalue weighted by Crippen LogP contribution is 2.32. The molecule has 0 bridgehead atoms. The number of rotatable bonds is 1. The van der Waals surface area contributed by atoms with Gasteiger partial charge in [0.2, 0.25) is 6.10 Å². The Hall–Kier alpha value is -1.75. The van der Waals surface area contributed by atoms with E-state index in [0.29, 0.717) is 24.3 Å². The molecule has 5 nitrogen and oxygen atoms in total. The Balaban J connectivity index is 1.44. The summed E-state index contributed by atoms with van der Waals surface area (Å²) in [6.45, 7) is 3.04. The highest BCUT2D eigenvalue weighted by molar-refractivity contribution is 5.82. The Labute approximate surface area is 124 Å². The molecule has 2 saturated heterocycles. The molecule has 3 unspecified atom stereocenters. The van der Waals surface area contributed by atoms with Crippen LogP contribution in [0.15, 0.2) is 24.3 Å². The Bertz CT molecular complexity index is 548. The van der Waals surface area contributed by atoms with E-state index in [1.54, 1.807) is 0 Å². The van der Waals surface area contributed by atoms with Crippen LogP contribution in [0.1, 0.15) is 12.8 Å². The van der Waals surface area contributed by atoms with E-state index in [-0.39, 0.29) is 5.91 Å². The van der Waals surface area contributed by atoms with Crippen LogP contribution in [0.2, 0.25) is 0 Å². The van der Waals surface area contributed by atoms with Gasteiger partial charge >= 0.3 is 0 Å². The molecule has 3 heterocycles. The number of amides is 1. The van der Waals surface area contributed by atoms with Gasteiger partial charge < -0.3 is 19.7 Å². The molecule has 1 N–H and O–H groups in total. The zero-order valence-electron chi connectivity index (χ0n) is 12.0. The molecule has 0 spiro atoms. The van der Waals surface area contributed by atoms with Crippen molar-refractivity contribution in [2.45, 2.75) is 25.0 Å². The number of hydrogen-bond acceptors (Lipinski definition) is 4. The fourth-order valence-electron chi connectivity index (χ4n) is 3.59. The highest BCUT2D eigenvalue weighted by Gasteiger charge is 2.38. The van der Waals surface area contributed by atoms with Crippen molar-refractivity contribution in [3.63, 3.8) is 0 Å². The van der Waals surface area contributed by atoms with Gasteiger partial charge in [-0.2, -0.15) is 0 Å². The van der Waals surface area contributed by atoms with Crippen molar-refractivity contribution in [1.29, 1.82) is 0 Å². The molecule has 1 aromatic rings. The fraction of sp³-hybridized carbons (Fsp3) is 0.562. The van der Waals surface area contributed by atoms with Crippen molar-refractivity contribution >= 4 is 5.91 Å². The predicted molar refractivity (Wildman–Crippen MR) is 77.4 cm³/mol. The summed E-state index contributed by atoms with van der Waals surface area (Å²) in [5.74, 6) is 2.05. The summed E-state index contributed by atoms with van der Waals surface area (Å²) in [5.41, 5.74) is 0. The fourth-order valence-corrected chi connectivity index (χ4v) is 3.59. The normalized spacial score (nSPS) is 30.9. The molecule has 1 amide bonds. The van der Waals surface area contributed by atoms with Crippen LogP contribution in [0.5, 0.6) is 11.5 Å². The highest BCUT2D eigenvalue weighted by atomic mass is 16.6. The second kappa shape index (κ2) is 5.22. The van der Waals surface area contributed by atoms with Crippen molar-refractivity contribution in [1.82, 2.24) is 10.2 Å². The van der Waals surface area contributed by atoms with E-state index in [4.69, 9.17) is 9.47 Å². The first kappa shape index (κ1) is 13.0. The molecule has 0 radical (unpaired) electrons. The summed E-state index contributed by atoms with van der Waals surface area (Å²) in [4.78, 5) is 14.6. The molecule has 2 fully saturated rings. The van der Waals surface area contributed by atoms with Gasteiger partial charge in [0.1, 0.15) is 6.61 Å². The van der Waals surface area contributed by atoms with E-state index in [1.165, 1.54) is 6.42 Å². The van der Waals surface area contributed by atoms with Crippen molar-refractivity contribution in [2.75, 3.05) is 26.2 Å². The Morgan fingerprint density at radius 3 is 3.00 bits per heavy atom. The molecule has 0 aromatic heterocycles. The topological polar surface area (TPSA) is 50.8 Å². The summed E-state index contributed by atoms with van der Waals surface area (Å²) in [6, 6.07) is 8.11. The molecule has 0 aliphatic carbocycles. The number of carbonyl (C=O) groups excluding carboxylic acids is 1. The first-order valence-corrected chi connectivity index (χ1v) is 7.72. The van der Waals surface area contributed by atoms with E-state index in [2.05, 4.69) is 5.32 Å². The van der Waals surface area contributed by atoms with Crippen LogP contribution in [0.25, 0.3) is 0 Å². The minimum Gasteiger partial charge on any atom is -0.485 e. The molecular formula is C16H20N2O3. The summed E-state index contributed by atoms with van der Waals surface area (Å²) < 4.78 is 11.5. The average Bonchev–Trinajstić information content (AvgIpc) is 3.01. The van der Waals surface area contributed by atoms with Crippen LogP contribution in [0.3, 0.4) is 0 Å². The second-order valence-corrected chi connectivity index (χ2v) is 6.05. The quantitative estimate of drug-likeness (QED) is 0.839. The Morgan fingerprint density at radius 1 is 1.24 bits per heavy atom. The number of para-hydroxylation sites is 2. The third kappa shape index (κ3) is 2.35. The average molecular weight is 288 g/mol. The number of piperidine rings is 1. The van der Waals surface area contributed by atoms with Crippen molar-refractivity contribution in [3.8, 4) is 11.5 Å². The van der Waals surface area contributed by atoms with Crippen LogP contribution >= 0.6 is 0 Å². The maximum absolute atomic E-state index is 12.7. The SMILES string of the molecule is O=C(C1COc2ccccc2O1)N1CCC2NCCC2C1.